The highest BCUT2D eigenvalue weighted by Crippen LogP contribution is 2.31. The molecular formula is C15H21ClFN3O. The molecule has 3 N–H and O–H groups in total. The molecule has 0 radical (unpaired) electrons. The lowest BCUT2D eigenvalue weighted by atomic mass is 9.88. The zero-order valence-corrected chi connectivity index (χ0v) is 12.9. The van der Waals surface area contributed by atoms with Crippen molar-refractivity contribution in [3.8, 4) is 0 Å². The quantitative estimate of drug-likeness (QED) is 0.739. The Morgan fingerprint density at radius 3 is 2.67 bits per heavy atom. The number of hydrogen-bond acceptors (Lipinski definition) is 2. The van der Waals surface area contributed by atoms with Crippen molar-refractivity contribution in [3.05, 3.63) is 29.0 Å². The summed E-state index contributed by atoms with van der Waals surface area (Å²) in [6.07, 6.45) is 4.89. The van der Waals surface area contributed by atoms with Crippen molar-refractivity contribution < 1.29 is 9.18 Å². The first kappa shape index (κ1) is 15.9. The fraction of sp³-hybridized carbons (Fsp3) is 0.533. The topological polar surface area (TPSA) is 53.2 Å². The summed E-state index contributed by atoms with van der Waals surface area (Å²) in [6, 6.07) is 4.32. The van der Waals surface area contributed by atoms with Crippen LogP contribution in [0.3, 0.4) is 0 Å². The second kappa shape index (κ2) is 6.98. The molecule has 0 bridgehead atoms. The number of carbonyl (C=O) groups is 1. The number of halogens is 2. The predicted octanol–water partition coefficient (Wildman–Crippen LogP) is 3.87. The molecule has 4 nitrogen and oxygen atoms in total. The zero-order chi connectivity index (χ0) is 15.3. The lowest BCUT2D eigenvalue weighted by Gasteiger charge is -2.39. The van der Waals surface area contributed by atoms with Gasteiger partial charge in [0.25, 0.3) is 0 Å². The Morgan fingerprint density at radius 2 is 2.05 bits per heavy atom. The summed E-state index contributed by atoms with van der Waals surface area (Å²) < 4.78 is 13.2. The molecule has 0 unspecified atom stereocenters. The highest BCUT2D eigenvalue weighted by Gasteiger charge is 2.33. The van der Waals surface area contributed by atoms with E-state index in [-0.39, 0.29) is 11.1 Å². The molecule has 0 aromatic heterocycles. The Labute approximate surface area is 129 Å². The van der Waals surface area contributed by atoms with E-state index in [1.807, 2.05) is 6.92 Å². The number of hydrogen-bond donors (Lipinski definition) is 3. The standard InChI is InChI=1S/C15H21ClFN3O/c1-2-18-14(21)20-15(8-4-3-5-9-15)19-11-6-7-13(17)12(16)10-11/h6-7,10,19H,2-5,8-9H2,1H3,(H2,18,20,21). The zero-order valence-electron chi connectivity index (χ0n) is 12.1. The van der Waals surface area contributed by atoms with Gasteiger partial charge >= 0.3 is 6.03 Å². The van der Waals surface area contributed by atoms with E-state index in [0.29, 0.717) is 12.2 Å². The Morgan fingerprint density at radius 1 is 1.33 bits per heavy atom. The van der Waals surface area contributed by atoms with Crippen LogP contribution in [0.5, 0.6) is 0 Å². The summed E-state index contributed by atoms with van der Waals surface area (Å²) in [7, 11) is 0. The Kier molecular flexibility index (Phi) is 5.28. The van der Waals surface area contributed by atoms with Gasteiger partial charge in [-0.3, -0.25) is 0 Å². The van der Waals surface area contributed by atoms with Gasteiger partial charge in [0.15, 0.2) is 0 Å². The maximum Gasteiger partial charge on any atom is 0.316 e. The number of nitrogens with one attached hydrogen (secondary N) is 3. The molecule has 1 saturated carbocycles. The molecule has 116 valence electrons. The molecule has 1 fully saturated rings. The minimum Gasteiger partial charge on any atom is -0.363 e. The van der Waals surface area contributed by atoms with Crippen LogP contribution in [0.25, 0.3) is 0 Å². The van der Waals surface area contributed by atoms with Crippen LogP contribution in [0.1, 0.15) is 39.0 Å². The molecule has 21 heavy (non-hydrogen) atoms. The van der Waals surface area contributed by atoms with E-state index in [1.165, 1.54) is 6.07 Å². The summed E-state index contributed by atoms with van der Waals surface area (Å²) in [4.78, 5) is 11.9. The number of amides is 2. The fourth-order valence-electron chi connectivity index (χ4n) is 2.71. The van der Waals surface area contributed by atoms with Crippen LogP contribution in [0.4, 0.5) is 14.9 Å². The van der Waals surface area contributed by atoms with Gasteiger partial charge in [0.2, 0.25) is 0 Å². The van der Waals surface area contributed by atoms with Gasteiger partial charge in [0.05, 0.1) is 5.02 Å². The average molecular weight is 314 g/mol. The van der Waals surface area contributed by atoms with Crippen molar-refractivity contribution in [2.45, 2.75) is 44.7 Å². The van der Waals surface area contributed by atoms with Crippen LogP contribution >= 0.6 is 11.6 Å². The lowest BCUT2D eigenvalue weighted by Crippen LogP contribution is -2.58. The van der Waals surface area contributed by atoms with Crippen molar-refractivity contribution in [1.29, 1.82) is 0 Å². The fourth-order valence-corrected chi connectivity index (χ4v) is 2.89. The minimum atomic E-state index is -0.501. The van der Waals surface area contributed by atoms with E-state index in [9.17, 15) is 9.18 Å². The summed E-state index contributed by atoms with van der Waals surface area (Å²) in [5.74, 6) is -0.448. The lowest BCUT2D eigenvalue weighted by molar-refractivity contribution is 0.215. The van der Waals surface area contributed by atoms with Crippen LogP contribution in [0, 0.1) is 5.82 Å². The van der Waals surface area contributed by atoms with Crippen molar-refractivity contribution in [1.82, 2.24) is 10.6 Å². The molecule has 0 heterocycles. The Hall–Kier alpha value is -1.49. The van der Waals surface area contributed by atoms with E-state index in [0.717, 1.165) is 32.1 Å². The van der Waals surface area contributed by atoms with Crippen LogP contribution in [-0.2, 0) is 0 Å². The van der Waals surface area contributed by atoms with Gasteiger partial charge in [-0.2, -0.15) is 0 Å². The van der Waals surface area contributed by atoms with E-state index in [2.05, 4.69) is 16.0 Å². The molecule has 1 aliphatic rings. The van der Waals surface area contributed by atoms with Crippen LogP contribution in [-0.4, -0.2) is 18.2 Å². The van der Waals surface area contributed by atoms with Crippen LogP contribution < -0.4 is 16.0 Å². The molecule has 2 amide bonds. The number of anilines is 1. The van der Waals surface area contributed by atoms with Gasteiger partial charge in [-0.05, 0) is 50.8 Å². The van der Waals surface area contributed by atoms with Gasteiger partial charge in [-0.15, -0.1) is 0 Å². The monoisotopic (exact) mass is 313 g/mol. The second-order valence-electron chi connectivity index (χ2n) is 5.38. The number of rotatable bonds is 4. The molecule has 0 spiro atoms. The third kappa shape index (κ3) is 4.24. The Bertz CT molecular complexity index is 504. The number of urea groups is 1. The van der Waals surface area contributed by atoms with Crippen molar-refractivity contribution >= 4 is 23.3 Å². The van der Waals surface area contributed by atoms with E-state index >= 15 is 0 Å². The molecule has 6 heteroatoms. The van der Waals surface area contributed by atoms with Gasteiger partial charge in [0.1, 0.15) is 11.5 Å². The minimum absolute atomic E-state index is 0.0731. The average Bonchev–Trinajstić information content (AvgIpc) is 2.44. The molecule has 1 aliphatic carbocycles. The normalized spacial score (nSPS) is 17.1. The van der Waals surface area contributed by atoms with Crippen LogP contribution in [0.2, 0.25) is 5.02 Å². The molecule has 0 atom stereocenters. The van der Waals surface area contributed by atoms with E-state index < -0.39 is 11.5 Å². The van der Waals surface area contributed by atoms with Crippen molar-refractivity contribution in [2.75, 3.05) is 11.9 Å². The summed E-state index contributed by atoms with van der Waals surface area (Å²) in [5.41, 5.74) is 0.207. The SMILES string of the molecule is CCNC(=O)NC1(Nc2ccc(F)c(Cl)c2)CCCCC1. The highest BCUT2D eigenvalue weighted by atomic mass is 35.5. The maximum absolute atomic E-state index is 13.2. The smallest absolute Gasteiger partial charge is 0.316 e. The van der Waals surface area contributed by atoms with Crippen LogP contribution in [0.15, 0.2) is 18.2 Å². The number of carbonyl (C=O) groups excluding carboxylic acids is 1. The second-order valence-corrected chi connectivity index (χ2v) is 5.79. The third-order valence-corrected chi connectivity index (χ3v) is 3.99. The third-order valence-electron chi connectivity index (χ3n) is 3.70. The largest absolute Gasteiger partial charge is 0.363 e. The first-order chi connectivity index (χ1) is 10.0. The highest BCUT2D eigenvalue weighted by molar-refractivity contribution is 6.31. The van der Waals surface area contributed by atoms with Gasteiger partial charge in [0, 0.05) is 12.2 Å². The summed E-state index contributed by atoms with van der Waals surface area (Å²) >= 11 is 5.82. The molecule has 0 saturated heterocycles. The summed E-state index contributed by atoms with van der Waals surface area (Å²) in [6.45, 7) is 2.45. The molecule has 2 rings (SSSR count). The van der Waals surface area contributed by atoms with Gasteiger partial charge in [-0.1, -0.05) is 18.0 Å². The number of benzene rings is 1. The van der Waals surface area contributed by atoms with E-state index in [4.69, 9.17) is 11.6 Å². The Balaban J connectivity index is 2.15. The first-order valence-electron chi connectivity index (χ1n) is 7.34. The predicted molar refractivity (Wildman–Crippen MR) is 83.1 cm³/mol. The van der Waals surface area contributed by atoms with Crippen molar-refractivity contribution in [3.63, 3.8) is 0 Å². The molecule has 1 aromatic rings. The maximum atomic E-state index is 13.2. The van der Waals surface area contributed by atoms with Crippen molar-refractivity contribution in [2.24, 2.45) is 0 Å². The molecule has 1 aromatic carbocycles. The molecular weight excluding hydrogens is 293 g/mol. The van der Waals surface area contributed by atoms with Gasteiger partial charge in [-0.25, -0.2) is 9.18 Å². The molecule has 0 aliphatic heterocycles. The van der Waals surface area contributed by atoms with Gasteiger partial charge < -0.3 is 16.0 Å². The summed E-state index contributed by atoms with van der Waals surface area (Å²) in [5, 5.41) is 9.17. The first-order valence-corrected chi connectivity index (χ1v) is 7.72. The van der Waals surface area contributed by atoms with E-state index in [1.54, 1.807) is 12.1 Å².